The number of aryl methyl sites for hydroxylation is 1. The fraction of sp³-hybridized carbons (Fsp3) is 0.600. The van der Waals surface area contributed by atoms with Gasteiger partial charge in [-0.15, -0.1) is 0 Å². The number of carbonyl (C=O) groups excluding carboxylic acids is 1. The number of anilines is 1. The van der Waals surface area contributed by atoms with Crippen molar-refractivity contribution in [1.82, 2.24) is 14.7 Å². The molecule has 0 saturated heterocycles. The zero-order chi connectivity index (χ0) is 11.6. The maximum Gasteiger partial charge on any atom is 0.258 e. The normalized spacial score (nSPS) is 10.7. The molecule has 15 heavy (non-hydrogen) atoms. The first-order valence-electron chi connectivity index (χ1n) is 4.96. The Morgan fingerprint density at radius 1 is 1.67 bits per heavy atom. The lowest BCUT2D eigenvalue weighted by molar-refractivity contribution is 0.0780. The van der Waals surface area contributed by atoms with Crippen molar-refractivity contribution in [2.45, 2.75) is 13.8 Å². The first-order valence-corrected chi connectivity index (χ1v) is 4.96. The van der Waals surface area contributed by atoms with Crippen molar-refractivity contribution in [1.29, 1.82) is 0 Å². The number of hydrogen-bond donors (Lipinski definition) is 1. The molecule has 0 atom stereocenters. The van der Waals surface area contributed by atoms with E-state index in [-0.39, 0.29) is 5.91 Å². The number of nitrogens with zero attached hydrogens (tertiary/aromatic N) is 3. The van der Waals surface area contributed by atoms with Crippen LogP contribution in [0.3, 0.4) is 0 Å². The van der Waals surface area contributed by atoms with Crippen molar-refractivity contribution in [2.75, 3.05) is 19.3 Å². The molecular weight excluding hydrogens is 192 g/mol. The van der Waals surface area contributed by atoms with Gasteiger partial charge < -0.3 is 10.6 Å². The minimum atomic E-state index is -0.0747. The van der Waals surface area contributed by atoms with Gasteiger partial charge in [-0.25, -0.2) is 0 Å². The monoisotopic (exact) mass is 210 g/mol. The van der Waals surface area contributed by atoms with Gasteiger partial charge in [0.25, 0.3) is 5.91 Å². The second-order valence-corrected chi connectivity index (χ2v) is 4.15. The number of rotatable bonds is 3. The summed E-state index contributed by atoms with van der Waals surface area (Å²) in [6, 6.07) is 0. The molecule has 0 aliphatic rings. The van der Waals surface area contributed by atoms with Crippen LogP contribution in [0.2, 0.25) is 0 Å². The fourth-order valence-electron chi connectivity index (χ4n) is 1.45. The summed E-state index contributed by atoms with van der Waals surface area (Å²) in [4.78, 5) is 13.6. The molecule has 0 saturated carbocycles. The zero-order valence-electron chi connectivity index (χ0n) is 9.69. The van der Waals surface area contributed by atoms with E-state index in [9.17, 15) is 4.79 Å². The Morgan fingerprint density at radius 3 is 2.67 bits per heavy atom. The van der Waals surface area contributed by atoms with E-state index in [1.54, 1.807) is 19.0 Å². The standard InChI is InChI=1S/C10H18N4O/c1-7(2)6-13(3)10(15)8-5-12-14(4)9(8)11/h5,7H,6,11H2,1-4H3. The molecular formula is C10H18N4O. The molecule has 0 aromatic carbocycles. The summed E-state index contributed by atoms with van der Waals surface area (Å²) >= 11 is 0. The number of nitrogen functional groups attached to an aromatic ring is 1. The van der Waals surface area contributed by atoms with Crippen LogP contribution in [-0.4, -0.2) is 34.2 Å². The Bertz CT molecular complexity index is 356. The summed E-state index contributed by atoms with van der Waals surface area (Å²) in [6.07, 6.45) is 1.51. The third-order valence-electron chi connectivity index (χ3n) is 2.20. The highest BCUT2D eigenvalue weighted by molar-refractivity contribution is 5.98. The topological polar surface area (TPSA) is 64.2 Å². The summed E-state index contributed by atoms with van der Waals surface area (Å²) in [5.74, 6) is 0.779. The molecule has 0 radical (unpaired) electrons. The predicted molar refractivity (Wildman–Crippen MR) is 59.4 cm³/mol. The van der Waals surface area contributed by atoms with Gasteiger partial charge >= 0.3 is 0 Å². The number of carbonyl (C=O) groups is 1. The third kappa shape index (κ3) is 2.49. The molecule has 2 N–H and O–H groups in total. The van der Waals surface area contributed by atoms with E-state index in [0.717, 1.165) is 0 Å². The summed E-state index contributed by atoms with van der Waals surface area (Å²) in [6.45, 7) is 4.85. The van der Waals surface area contributed by atoms with E-state index in [2.05, 4.69) is 18.9 Å². The molecule has 0 bridgehead atoms. The third-order valence-corrected chi connectivity index (χ3v) is 2.20. The van der Waals surface area contributed by atoms with Crippen LogP contribution in [-0.2, 0) is 7.05 Å². The molecule has 84 valence electrons. The number of amides is 1. The Balaban J connectivity index is 2.81. The molecule has 0 fully saturated rings. The second-order valence-electron chi connectivity index (χ2n) is 4.15. The molecule has 1 aromatic rings. The summed E-state index contributed by atoms with van der Waals surface area (Å²) in [7, 11) is 3.49. The molecule has 0 aliphatic carbocycles. The number of hydrogen-bond acceptors (Lipinski definition) is 3. The Hall–Kier alpha value is -1.52. The molecule has 0 aliphatic heterocycles. The van der Waals surface area contributed by atoms with Gasteiger partial charge in [0.1, 0.15) is 11.4 Å². The quantitative estimate of drug-likeness (QED) is 0.800. The minimum Gasteiger partial charge on any atom is -0.383 e. The summed E-state index contributed by atoms with van der Waals surface area (Å²) in [5.41, 5.74) is 6.20. The van der Waals surface area contributed by atoms with Crippen LogP contribution in [0.5, 0.6) is 0 Å². The first kappa shape index (κ1) is 11.6. The summed E-state index contributed by atoms with van der Waals surface area (Å²) in [5, 5.41) is 3.94. The molecule has 1 aromatic heterocycles. The van der Waals surface area contributed by atoms with E-state index < -0.39 is 0 Å². The predicted octanol–water partition coefficient (Wildman–Crippen LogP) is 0.730. The van der Waals surface area contributed by atoms with Crippen LogP contribution in [0.15, 0.2) is 6.20 Å². The number of aromatic nitrogens is 2. The van der Waals surface area contributed by atoms with Crippen LogP contribution in [0.25, 0.3) is 0 Å². The highest BCUT2D eigenvalue weighted by atomic mass is 16.2. The van der Waals surface area contributed by atoms with Crippen molar-refractivity contribution >= 4 is 11.7 Å². The SMILES string of the molecule is CC(C)CN(C)C(=O)c1cnn(C)c1N. The van der Waals surface area contributed by atoms with E-state index in [0.29, 0.717) is 23.8 Å². The largest absolute Gasteiger partial charge is 0.383 e. The van der Waals surface area contributed by atoms with Gasteiger partial charge in [0.15, 0.2) is 0 Å². The molecule has 1 heterocycles. The molecule has 1 rings (SSSR count). The van der Waals surface area contributed by atoms with Crippen LogP contribution in [0.1, 0.15) is 24.2 Å². The van der Waals surface area contributed by atoms with Gasteiger partial charge in [0, 0.05) is 20.6 Å². The average molecular weight is 210 g/mol. The van der Waals surface area contributed by atoms with E-state index >= 15 is 0 Å². The van der Waals surface area contributed by atoms with E-state index in [1.165, 1.54) is 10.9 Å². The number of nitrogens with two attached hydrogens (primary N) is 1. The van der Waals surface area contributed by atoms with Crippen LogP contribution in [0, 0.1) is 5.92 Å². The van der Waals surface area contributed by atoms with Crippen molar-refractivity contribution in [3.8, 4) is 0 Å². The second kappa shape index (κ2) is 4.33. The van der Waals surface area contributed by atoms with Crippen LogP contribution >= 0.6 is 0 Å². The first-order chi connectivity index (χ1) is 6.93. The van der Waals surface area contributed by atoms with Gasteiger partial charge in [-0.1, -0.05) is 13.8 Å². The maximum atomic E-state index is 11.9. The lowest BCUT2D eigenvalue weighted by atomic mass is 10.2. The van der Waals surface area contributed by atoms with Crippen molar-refractivity contribution in [2.24, 2.45) is 13.0 Å². The van der Waals surface area contributed by atoms with Gasteiger partial charge in [-0.05, 0) is 5.92 Å². The molecule has 5 nitrogen and oxygen atoms in total. The molecule has 0 unspecified atom stereocenters. The minimum absolute atomic E-state index is 0.0747. The van der Waals surface area contributed by atoms with Gasteiger partial charge in [-0.2, -0.15) is 5.10 Å². The highest BCUT2D eigenvalue weighted by Gasteiger charge is 2.18. The molecule has 0 spiro atoms. The fourth-order valence-corrected chi connectivity index (χ4v) is 1.45. The lowest BCUT2D eigenvalue weighted by Crippen LogP contribution is -2.30. The smallest absolute Gasteiger partial charge is 0.258 e. The van der Waals surface area contributed by atoms with Crippen LogP contribution < -0.4 is 5.73 Å². The van der Waals surface area contributed by atoms with E-state index in [1.807, 2.05) is 0 Å². The van der Waals surface area contributed by atoms with Crippen molar-refractivity contribution in [3.63, 3.8) is 0 Å². The average Bonchev–Trinajstić information content (AvgIpc) is 2.45. The maximum absolute atomic E-state index is 11.9. The lowest BCUT2D eigenvalue weighted by Gasteiger charge is -2.18. The van der Waals surface area contributed by atoms with Crippen molar-refractivity contribution < 1.29 is 4.79 Å². The Kier molecular flexibility index (Phi) is 3.34. The highest BCUT2D eigenvalue weighted by Crippen LogP contribution is 2.12. The van der Waals surface area contributed by atoms with Crippen LogP contribution in [0.4, 0.5) is 5.82 Å². The molecule has 1 amide bonds. The van der Waals surface area contributed by atoms with Gasteiger partial charge in [-0.3, -0.25) is 9.48 Å². The Labute approximate surface area is 89.9 Å². The zero-order valence-corrected chi connectivity index (χ0v) is 9.69. The molecule has 5 heteroatoms. The Morgan fingerprint density at radius 2 is 2.27 bits per heavy atom. The van der Waals surface area contributed by atoms with Crippen molar-refractivity contribution in [3.05, 3.63) is 11.8 Å². The van der Waals surface area contributed by atoms with Gasteiger partial charge in [0.05, 0.1) is 6.20 Å². The summed E-state index contributed by atoms with van der Waals surface area (Å²) < 4.78 is 1.50. The van der Waals surface area contributed by atoms with Gasteiger partial charge in [0.2, 0.25) is 0 Å². The van der Waals surface area contributed by atoms with E-state index in [4.69, 9.17) is 5.73 Å².